The van der Waals surface area contributed by atoms with Gasteiger partial charge in [-0.25, -0.2) is 0 Å². The zero-order chi connectivity index (χ0) is 22.9. The van der Waals surface area contributed by atoms with Crippen molar-refractivity contribution in [3.63, 3.8) is 0 Å². The van der Waals surface area contributed by atoms with Crippen LogP contribution >= 0.6 is 0 Å². The second-order valence-electron chi connectivity index (χ2n) is 7.85. The average molecular weight is 443 g/mol. The Balaban J connectivity index is 1.48. The number of azo groups is 1. The van der Waals surface area contributed by atoms with Crippen LogP contribution in [0.2, 0.25) is 0 Å². The number of aromatic nitrogens is 1. The summed E-state index contributed by atoms with van der Waals surface area (Å²) < 4.78 is 14.5. The molecule has 0 radical (unpaired) electrons. The first kappa shape index (κ1) is 22.4. The molecule has 33 heavy (non-hydrogen) atoms. The van der Waals surface area contributed by atoms with Gasteiger partial charge in [-0.05, 0) is 49.1 Å². The van der Waals surface area contributed by atoms with Crippen molar-refractivity contribution in [1.82, 2.24) is 9.88 Å². The molecule has 0 atom stereocenters. The van der Waals surface area contributed by atoms with Crippen molar-refractivity contribution in [2.75, 3.05) is 6.67 Å². The maximum atomic E-state index is 13.1. The molecule has 0 unspecified atom stereocenters. The van der Waals surface area contributed by atoms with Crippen molar-refractivity contribution in [3.05, 3.63) is 96.2 Å². The van der Waals surface area contributed by atoms with E-state index >= 15 is 0 Å². The van der Waals surface area contributed by atoms with Gasteiger partial charge in [-0.15, -0.1) is 0 Å². The Kier molecular flexibility index (Phi) is 7.59. The van der Waals surface area contributed by atoms with Gasteiger partial charge in [0.1, 0.15) is 0 Å². The smallest absolute Gasteiger partial charge is 0.253 e. The summed E-state index contributed by atoms with van der Waals surface area (Å²) in [6, 6.07) is 25.1. The minimum absolute atomic E-state index is 0.136. The number of halogens is 1. The maximum Gasteiger partial charge on any atom is 0.253 e. The highest BCUT2D eigenvalue weighted by Gasteiger charge is 2.15. The summed E-state index contributed by atoms with van der Waals surface area (Å²) in [5.41, 5.74) is 4.03. The van der Waals surface area contributed by atoms with E-state index < -0.39 is 0 Å². The molecule has 0 spiro atoms. The fraction of sp³-hybridized carbons (Fsp3) is 0.222. The molecule has 0 aliphatic carbocycles. The molecule has 5 nitrogen and oxygen atoms in total. The molecule has 1 heterocycles. The van der Waals surface area contributed by atoms with Crippen molar-refractivity contribution in [1.29, 1.82) is 0 Å². The normalized spacial score (nSPS) is 11.3. The Morgan fingerprint density at radius 2 is 1.61 bits per heavy atom. The summed E-state index contributed by atoms with van der Waals surface area (Å²) in [4.78, 5) is 13.1. The third-order valence-electron chi connectivity index (χ3n) is 5.53. The van der Waals surface area contributed by atoms with E-state index in [0.29, 0.717) is 18.5 Å². The summed E-state index contributed by atoms with van der Waals surface area (Å²) in [6.07, 6.45) is 4.19. The molecule has 0 bridgehead atoms. The van der Waals surface area contributed by atoms with E-state index in [1.807, 2.05) is 85.1 Å². The fourth-order valence-electron chi connectivity index (χ4n) is 3.80. The first-order valence-electron chi connectivity index (χ1n) is 11.2. The first-order chi connectivity index (χ1) is 16.3. The van der Waals surface area contributed by atoms with E-state index in [1.165, 1.54) is 0 Å². The molecule has 4 rings (SSSR count). The number of para-hydroxylation sites is 1. The number of unbranched alkanes of at least 4 members (excludes halogenated alkanes) is 2. The quantitative estimate of drug-likeness (QED) is 0.206. The Bertz CT molecular complexity index is 1230. The van der Waals surface area contributed by atoms with Crippen LogP contribution in [0.5, 0.6) is 0 Å². The van der Waals surface area contributed by atoms with Crippen molar-refractivity contribution in [2.24, 2.45) is 10.2 Å². The Hall–Kier alpha value is -3.80. The SMILES string of the molecule is O=C(NCc1ccccc1N=Nc1ccccc1)c1cn(CCCCCF)c2ccccc12. The molecule has 168 valence electrons. The summed E-state index contributed by atoms with van der Waals surface area (Å²) in [5.74, 6) is -0.136. The number of aryl methyl sites for hydroxylation is 1. The van der Waals surface area contributed by atoms with Gasteiger partial charge in [0.05, 0.1) is 23.6 Å². The number of nitrogens with one attached hydrogen (secondary N) is 1. The second kappa shape index (κ2) is 11.2. The van der Waals surface area contributed by atoms with E-state index in [4.69, 9.17) is 0 Å². The van der Waals surface area contributed by atoms with Crippen LogP contribution < -0.4 is 5.32 Å². The van der Waals surface area contributed by atoms with Crippen LogP contribution in [0.15, 0.2) is 95.3 Å². The van der Waals surface area contributed by atoms with E-state index in [0.717, 1.165) is 47.2 Å². The summed E-state index contributed by atoms with van der Waals surface area (Å²) >= 11 is 0. The average Bonchev–Trinajstić information content (AvgIpc) is 3.24. The molecule has 0 saturated carbocycles. The zero-order valence-corrected chi connectivity index (χ0v) is 18.5. The predicted octanol–water partition coefficient (Wildman–Crippen LogP) is 7.13. The third kappa shape index (κ3) is 5.71. The minimum atomic E-state index is -0.285. The number of nitrogens with zero attached hydrogens (tertiary/aromatic N) is 3. The lowest BCUT2D eigenvalue weighted by atomic mass is 10.1. The van der Waals surface area contributed by atoms with Gasteiger partial charge in [0.2, 0.25) is 0 Å². The number of hydrogen-bond donors (Lipinski definition) is 1. The minimum Gasteiger partial charge on any atom is -0.348 e. The van der Waals surface area contributed by atoms with Crippen LogP contribution in [-0.4, -0.2) is 17.1 Å². The first-order valence-corrected chi connectivity index (χ1v) is 11.2. The van der Waals surface area contributed by atoms with Crippen LogP contribution in [0, 0.1) is 0 Å². The van der Waals surface area contributed by atoms with Crippen LogP contribution in [0.3, 0.4) is 0 Å². The molecular formula is C27H27FN4O. The lowest BCUT2D eigenvalue weighted by molar-refractivity contribution is 0.0952. The molecule has 0 aliphatic rings. The third-order valence-corrected chi connectivity index (χ3v) is 5.53. The molecule has 0 saturated heterocycles. The van der Waals surface area contributed by atoms with Crippen molar-refractivity contribution in [3.8, 4) is 0 Å². The maximum absolute atomic E-state index is 13.1. The Labute approximate surface area is 193 Å². The fourth-order valence-corrected chi connectivity index (χ4v) is 3.80. The number of fused-ring (bicyclic) bond motifs is 1. The largest absolute Gasteiger partial charge is 0.348 e. The monoisotopic (exact) mass is 442 g/mol. The molecule has 1 N–H and O–H groups in total. The van der Waals surface area contributed by atoms with Crippen LogP contribution in [0.4, 0.5) is 15.8 Å². The van der Waals surface area contributed by atoms with Crippen LogP contribution in [-0.2, 0) is 13.1 Å². The second-order valence-corrected chi connectivity index (χ2v) is 7.85. The van der Waals surface area contributed by atoms with Crippen molar-refractivity contribution in [2.45, 2.75) is 32.4 Å². The Morgan fingerprint density at radius 3 is 2.45 bits per heavy atom. The molecule has 1 aromatic heterocycles. The highest BCUT2D eigenvalue weighted by Crippen LogP contribution is 2.24. The summed E-state index contributed by atoms with van der Waals surface area (Å²) in [5, 5.41) is 12.6. The van der Waals surface area contributed by atoms with Gasteiger partial charge in [0, 0.05) is 30.2 Å². The van der Waals surface area contributed by atoms with Gasteiger partial charge in [0.25, 0.3) is 5.91 Å². The zero-order valence-electron chi connectivity index (χ0n) is 18.5. The molecule has 0 aliphatic heterocycles. The van der Waals surface area contributed by atoms with Crippen LogP contribution in [0.1, 0.15) is 35.2 Å². The van der Waals surface area contributed by atoms with E-state index in [9.17, 15) is 9.18 Å². The van der Waals surface area contributed by atoms with Gasteiger partial charge >= 0.3 is 0 Å². The number of alkyl halides is 1. The van der Waals surface area contributed by atoms with Crippen molar-refractivity contribution >= 4 is 28.2 Å². The van der Waals surface area contributed by atoms with Gasteiger partial charge in [-0.3, -0.25) is 9.18 Å². The van der Waals surface area contributed by atoms with Crippen LogP contribution in [0.25, 0.3) is 10.9 Å². The van der Waals surface area contributed by atoms with E-state index in [1.54, 1.807) is 0 Å². The lowest BCUT2D eigenvalue weighted by Gasteiger charge is -2.07. The molecule has 0 fully saturated rings. The number of carbonyl (C=O) groups excluding carboxylic acids is 1. The van der Waals surface area contributed by atoms with Gasteiger partial charge < -0.3 is 9.88 Å². The van der Waals surface area contributed by atoms with Gasteiger partial charge in [-0.2, -0.15) is 10.2 Å². The van der Waals surface area contributed by atoms with Gasteiger partial charge in [0.15, 0.2) is 0 Å². The van der Waals surface area contributed by atoms with E-state index in [2.05, 4.69) is 20.1 Å². The highest BCUT2D eigenvalue weighted by atomic mass is 19.1. The summed E-state index contributed by atoms with van der Waals surface area (Å²) in [7, 11) is 0. The number of hydrogen-bond acceptors (Lipinski definition) is 3. The number of benzene rings is 3. The van der Waals surface area contributed by atoms with Crippen molar-refractivity contribution < 1.29 is 9.18 Å². The molecule has 6 heteroatoms. The number of rotatable bonds is 10. The van der Waals surface area contributed by atoms with Gasteiger partial charge in [-0.1, -0.05) is 54.6 Å². The number of amides is 1. The topological polar surface area (TPSA) is 58.8 Å². The molecular weight excluding hydrogens is 415 g/mol. The molecule has 1 amide bonds. The predicted molar refractivity (Wildman–Crippen MR) is 130 cm³/mol. The Morgan fingerprint density at radius 1 is 0.848 bits per heavy atom. The van der Waals surface area contributed by atoms with E-state index in [-0.39, 0.29) is 12.6 Å². The lowest BCUT2D eigenvalue weighted by Crippen LogP contribution is -2.22. The molecule has 3 aromatic carbocycles. The summed E-state index contributed by atoms with van der Waals surface area (Å²) in [6.45, 7) is 0.821. The standard InChI is InChI=1S/C27H27FN4O/c28-17-9-2-10-18-32-20-24(23-14-6-8-16-26(23)32)27(33)29-19-21-11-5-7-15-25(21)31-30-22-12-3-1-4-13-22/h1,3-8,11-16,20H,2,9-10,17-19H2,(H,29,33). The number of carbonyl (C=O) groups is 1. The molecule has 4 aromatic rings. The highest BCUT2D eigenvalue weighted by molar-refractivity contribution is 6.07.